The Morgan fingerprint density at radius 2 is 1.79 bits per heavy atom. The molecular weight excluding hydrogens is 540 g/mol. The van der Waals surface area contributed by atoms with Gasteiger partial charge in [-0.1, -0.05) is 64.2 Å². The Kier molecular flexibility index (Phi) is 9.27. The lowest BCUT2D eigenvalue weighted by Gasteiger charge is -2.16. The van der Waals surface area contributed by atoms with Gasteiger partial charge in [0.1, 0.15) is 0 Å². The third-order valence-electron chi connectivity index (χ3n) is 4.50. The van der Waals surface area contributed by atoms with E-state index in [0.717, 1.165) is 0 Å². The van der Waals surface area contributed by atoms with Gasteiger partial charge in [-0.05, 0) is 43.3 Å². The number of benzene rings is 2. The fourth-order valence-electron chi connectivity index (χ4n) is 2.95. The van der Waals surface area contributed by atoms with Gasteiger partial charge in [0, 0.05) is 16.6 Å². The molecule has 0 fully saturated rings. The highest BCUT2D eigenvalue weighted by molar-refractivity contribution is 7.99. The molecule has 12 heteroatoms. The molecule has 0 aliphatic rings. The first kappa shape index (κ1) is 26.4. The molecular formula is C22H19Cl4N5O2S. The molecule has 2 aromatic carbocycles. The molecule has 1 atom stereocenters. The van der Waals surface area contributed by atoms with Gasteiger partial charge in [0.05, 0.1) is 33.1 Å². The van der Waals surface area contributed by atoms with Gasteiger partial charge >= 0.3 is 0 Å². The molecule has 0 saturated heterocycles. The number of nitrogens with one attached hydrogen (secondary N) is 2. The topological polar surface area (TPSA) is 88.9 Å². The minimum atomic E-state index is -0.500. The monoisotopic (exact) mass is 557 g/mol. The van der Waals surface area contributed by atoms with Crippen molar-refractivity contribution in [3.8, 4) is 0 Å². The standard InChI is InChI=1S/C22H19Cl4N5O2S/c1-3-8-31-20(12(2)27-21(33)15-6-4-13(23)9-17(15)26)29-30-22(31)34-11-19(32)28-18-10-14(24)5-7-16(18)25/h3-7,9-10,12H,1,8,11H2,2H3,(H,27,33)(H,28,32)/t12-/m1/s1. The van der Waals surface area contributed by atoms with Gasteiger partial charge in [0.2, 0.25) is 5.91 Å². The van der Waals surface area contributed by atoms with E-state index >= 15 is 0 Å². The minimum absolute atomic E-state index is 0.0548. The molecule has 3 aromatic rings. The van der Waals surface area contributed by atoms with E-state index in [9.17, 15) is 9.59 Å². The van der Waals surface area contributed by atoms with Crippen molar-refractivity contribution in [3.63, 3.8) is 0 Å². The molecule has 0 radical (unpaired) electrons. The van der Waals surface area contributed by atoms with E-state index in [2.05, 4.69) is 27.4 Å². The number of thioether (sulfide) groups is 1. The first-order valence-electron chi connectivity index (χ1n) is 9.87. The number of nitrogens with zero attached hydrogens (tertiary/aromatic N) is 3. The number of rotatable bonds is 9. The second kappa shape index (κ2) is 12.0. The fraction of sp³-hybridized carbons (Fsp3) is 0.182. The van der Waals surface area contributed by atoms with Crippen molar-refractivity contribution in [1.82, 2.24) is 20.1 Å². The van der Waals surface area contributed by atoms with E-state index < -0.39 is 6.04 Å². The van der Waals surface area contributed by atoms with E-state index in [0.29, 0.717) is 43.8 Å². The van der Waals surface area contributed by atoms with Crippen molar-refractivity contribution in [2.75, 3.05) is 11.1 Å². The van der Waals surface area contributed by atoms with Crippen molar-refractivity contribution in [1.29, 1.82) is 0 Å². The second-order valence-corrected chi connectivity index (χ2v) is 9.65. The Morgan fingerprint density at radius 3 is 2.50 bits per heavy atom. The molecule has 1 heterocycles. The normalized spacial score (nSPS) is 11.7. The first-order valence-corrected chi connectivity index (χ1v) is 12.4. The minimum Gasteiger partial charge on any atom is -0.342 e. The highest BCUT2D eigenvalue weighted by atomic mass is 35.5. The van der Waals surface area contributed by atoms with E-state index in [1.54, 1.807) is 47.9 Å². The maximum absolute atomic E-state index is 12.7. The summed E-state index contributed by atoms with van der Waals surface area (Å²) in [6.45, 7) is 5.92. The van der Waals surface area contributed by atoms with Gasteiger partial charge in [-0.15, -0.1) is 16.8 Å². The Hall–Kier alpha value is -2.23. The van der Waals surface area contributed by atoms with Crippen molar-refractivity contribution in [3.05, 3.63) is 80.5 Å². The highest BCUT2D eigenvalue weighted by Gasteiger charge is 2.21. The lowest BCUT2D eigenvalue weighted by Crippen LogP contribution is -2.29. The number of carbonyl (C=O) groups is 2. The number of allylic oxidation sites excluding steroid dienone is 1. The number of amides is 2. The molecule has 0 unspecified atom stereocenters. The number of carbonyl (C=O) groups excluding carboxylic acids is 2. The quantitative estimate of drug-likeness (QED) is 0.237. The first-order chi connectivity index (χ1) is 16.2. The summed E-state index contributed by atoms with van der Waals surface area (Å²) in [5.74, 6) is -0.116. The lowest BCUT2D eigenvalue weighted by atomic mass is 10.2. The zero-order chi connectivity index (χ0) is 24.8. The molecule has 0 bridgehead atoms. The van der Waals surface area contributed by atoms with Gasteiger partial charge in [-0.25, -0.2) is 0 Å². The summed E-state index contributed by atoms with van der Waals surface area (Å²) in [7, 11) is 0. The zero-order valence-corrected chi connectivity index (χ0v) is 21.7. The second-order valence-electron chi connectivity index (χ2n) is 7.02. The maximum atomic E-state index is 12.7. The van der Waals surface area contributed by atoms with E-state index in [1.807, 2.05) is 0 Å². The summed E-state index contributed by atoms with van der Waals surface area (Å²) in [5, 5.41) is 16.0. The predicted octanol–water partition coefficient (Wildman–Crippen LogP) is 6.30. The molecule has 3 rings (SSSR count). The molecule has 1 aromatic heterocycles. The number of aromatic nitrogens is 3. The Bertz CT molecular complexity index is 1230. The number of anilines is 1. The molecule has 0 saturated carbocycles. The van der Waals surface area contributed by atoms with E-state index in [-0.39, 0.29) is 22.6 Å². The Labute approximate surface area is 220 Å². The van der Waals surface area contributed by atoms with Crippen LogP contribution in [0.2, 0.25) is 20.1 Å². The summed E-state index contributed by atoms with van der Waals surface area (Å²) in [6, 6.07) is 8.94. The van der Waals surface area contributed by atoms with Crippen molar-refractivity contribution in [2.45, 2.75) is 24.7 Å². The van der Waals surface area contributed by atoms with Crippen LogP contribution in [0.3, 0.4) is 0 Å². The van der Waals surface area contributed by atoms with Gasteiger partial charge < -0.3 is 15.2 Å². The van der Waals surface area contributed by atoms with Gasteiger partial charge in [-0.3, -0.25) is 9.59 Å². The average molecular weight is 559 g/mol. The predicted molar refractivity (Wildman–Crippen MR) is 138 cm³/mol. The number of hydrogen-bond donors (Lipinski definition) is 2. The Balaban J connectivity index is 1.69. The smallest absolute Gasteiger partial charge is 0.253 e. The van der Waals surface area contributed by atoms with Crippen LogP contribution in [0.25, 0.3) is 0 Å². The average Bonchev–Trinajstić information content (AvgIpc) is 3.17. The summed E-state index contributed by atoms with van der Waals surface area (Å²) in [5.41, 5.74) is 0.712. The van der Waals surface area contributed by atoms with E-state index in [1.165, 1.54) is 17.8 Å². The van der Waals surface area contributed by atoms with Crippen LogP contribution in [0.4, 0.5) is 5.69 Å². The molecule has 2 N–H and O–H groups in total. The number of halogens is 4. The molecule has 0 aliphatic heterocycles. The molecule has 0 spiro atoms. The van der Waals surface area contributed by atoms with Crippen LogP contribution in [-0.4, -0.2) is 32.3 Å². The van der Waals surface area contributed by atoms with Crippen LogP contribution in [0.1, 0.15) is 29.1 Å². The summed E-state index contributed by atoms with van der Waals surface area (Å²) in [4.78, 5) is 25.1. The molecule has 34 heavy (non-hydrogen) atoms. The van der Waals surface area contributed by atoms with Gasteiger partial charge in [-0.2, -0.15) is 0 Å². The van der Waals surface area contributed by atoms with Crippen LogP contribution >= 0.6 is 58.2 Å². The van der Waals surface area contributed by atoms with Crippen molar-refractivity contribution < 1.29 is 9.59 Å². The third-order valence-corrected chi connectivity index (χ3v) is 6.58. The summed E-state index contributed by atoms with van der Waals surface area (Å²) in [6.07, 6.45) is 1.67. The van der Waals surface area contributed by atoms with Crippen molar-refractivity contribution in [2.24, 2.45) is 0 Å². The maximum Gasteiger partial charge on any atom is 0.253 e. The van der Waals surface area contributed by atoms with Crippen LogP contribution < -0.4 is 10.6 Å². The largest absolute Gasteiger partial charge is 0.342 e. The highest BCUT2D eigenvalue weighted by Crippen LogP contribution is 2.27. The van der Waals surface area contributed by atoms with Crippen LogP contribution in [0, 0.1) is 0 Å². The van der Waals surface area contributed by atoms with Gasteiger partial charge in [0.25, 0.3) is 5.91 Å². The Morgan fingerprint density at radius 1 is 1.09 bits per heavy atom. The molecule has 7 nitrogen and oxygen atoms in total. The van der Waals surface area contributed by atoms with E-state index in [4.69, 9.17) is 46.4 Å². The van der Waals surface area contributed by atoms with Gasteiger partial charge in [0.15, 0.2) is 11.0 Å². The molecule has 0 aliphatic carbocycles. The van der Waals surface area contributed by atoms with Crippen molar-refractivity contribution >= 4 is 75.7 Å². The molecule has 2 amide bonds. The van der Waals surface area contributed by atoms with Crippen LogP contribution in [0.15, 0.2) is 54.2 Å². The zero-order valence-electron chi connectivity index (χ0n) is 17.8. The fourth-order valence-corrected chi connectivity index (χ4v) is 4.54. The summed E-state index contributed by atoms with van der Waals surface area (Å²) < 4.78 is 1.77. The van der Waals surface area contributed by atoms with Crippen LogP contribution in [0.5, 0.6) is 0 Å². The SMILES string of the molecule is C=CCn1c(SCC(=O)Nc2cc(Cl)ccc2Cl)nnc1[C@@H](C)NC(=O)c1ccc(Cl)cc1Cl. The lowest BCUT2D eigenvalue weighted by molar-refractivity contribution is -0.113. The van der Waals surface area contributed by atoms with Crippen LogP contribution in [-0.2, 0) is 11.3 Å². The molecule has 178 valence electrons. The number of hydrogen-bond acceptors (Lipinski definition) is 5. The summed E-state index contributed by atoms with van der Waals surface area (Å²) >= 11 is 25.3. The third kappa shape index (κ3) is 6.67.